The van der Waals surface area contributed by atoms with Crippen LogP contribution in [-0.2, 0) is 19.0 Å². The maximum atomic E-state index is 5.83. The summed E-state index contributed by atoms with van der Waals surface area (Å²) in [5.41, 5.74) is 2.18. The number of nitrogens with one attached hydrogen (secondary N) is 1. The third-order valence-electron chi connectivity index (χ3n) is 3.11. The van der Waals surface area contributed by atoms with Crippen molar-refractivity contribution in [1.82, 2.24) is 20.1 Å². The zero-order valence-corrected chi connectivity index (χ0v) is 13.5. The van der Waals surface area contributed by atoms with Crippen molar-refractivity contribution in [3.05, 3.63) is 35.8 Å². The van der Waals surface area contributed by atoms with Crippen molar-refractivity contribution in [2.24, 2.45) is 7.05 Å². The molecule has 2 aromatic rings. The minimum Gasteiger partial charge on any atom is -0.436 e. The first kappa shape index (κ1) is 15.5. The van der Waals surface area contributed by atoms with Crippen molar-refractivity contribution in [2.45, 2.75) is 39.7 Å². The largest absolute Gasteiger partial charge is 0.436 e. The SMILES string of the molecule is CCNCc1cc(Oc2cnn(C)c2)nc(C(C)(C)C)c1. The average Bonchev–Trinajstić information content (AvgIpc) is 2.80. The number of nitrogens with zero attached hydrogens (tertiary/aromatic N) is 3. The van der Waals surface area contributed by atoms with Crippen molar-refractivity contribution in [3.63, 3.8) is 0 Å². The zero-order valence-electron chi connectivity index (χ0n) is 13.5. The van der Waals surface area contributed by atoms with Gasteiger partial charge in [0.05, 0.1) is 18.1 Å². The first-order chi connectivity index (χ1) is 9.88. The van der Waals surface area contributed by atoms with Crippen molar-refractivity contribution < 1.29 is 4.74 Å². The molecule has 21 heavy (non-hydrogen) atoms. The standard InChI is InChI=1S/C16H24N4O/c1-6-17-9-12-7-14(16(2,3)4)19-15(8-12)21-13-10-18-20(5)11-13/h7-8,10-11,17H,6,9H2,1-5H3. The summed E-state index contributed by atoms with van der Waals surface area (Å²) < 4.78 is 7.54. The van der Waals surface area contributed by atoms with Crippen LogP contribution in [-0.4, -0.2) is 21.3 Å². The van der Waals surface area contributed by atoms with Gasteiger partial charge in [0, 0.05) is 25.1 Å². The van der Waals surface area contributed by atoms with Crippen LogP contribution in [0.3, 0.4) is 0 Å². The lowest BCUT2D eigenvalue weighted by atomic mass is 9.91. The normalized spacial score (nSPS) is 11.7. The Morgan fingerprint density at radius 3 is 2.62 bits per heavy atom. The molecule has 0 saturated carbocycles. The van der Waals surface area contributed by atoms with Gasteiger partial charge >= 0.3 is 0 Å². The van der Waals surface area contributed by atoms with E-state index in [1.807, 2.05) is 19.3 Å². The molecule has 0 fully saturated rings. The number of aryl methyl sites for hydroxylation is 1. The molecule has 0 amide bonds. The Balaban J connectivity index is 2.30. The highest BCUT2D eigenvalue weighted by Gasteiger charge is 2.18. The molecule has 0 spiro atoms. The summed E-state index contributed by atoms with van der Waals surface area (Å²) in [5.74, 6) is 1.31. The molecule has 5 nitrogen and oxygen atoms in total. The summed E-state index contributed by atoms with van der Waals surface area (Å²) in [6, 6.07) is 4.11. The zero-order chi connectivity index (χ0) is 15.5. The lowest BCUT2D eigenvalue weighted by Gasteiger charge is -2.20. The predicted octanol–water partition coefficient (Wildman–Crippen LogP) is 3.01. The van der Waals surface area contributed by atoms with E-state index in [4.69, 9.17) is 4.74 Å². The minimum atomic E-state index is -0.0186. The molecule has 0 bridgehead atoms. The van der Waals surface area contributed by atoms with Gasteiger partial charge in [-0.3, -0.25) is 4.68 Å². The molecule has 0 aliphatic rings. The van der Waals surface area contributed by atoms with Gasteiger partial charge < -0.3 is 10.1 Å². The monoisotopic (exact) mass is 288 g/mol. The first-order valence-corrected chi connectivity index (χ1v) is 7.27. The molecule has 0 unspecified atom stereocenters. The average molecular weight is 288 g/mol. The van der Waals surface area contributed by atoms with E-state index < -0.39 is 0 Å². The minimum absolute atomic E-state index is 0.0186. The molecule has 2 heterocycles. The van der Waals surface area contributed by atoms with Crippen LogP contribution in [0.5, 0.6) is 11.6 Å². The molecule has 0 aliphatic heterocycles. The van der Waals surface area contributed by atoms with Gasteiger partial charge in [-0.15, -0.1) is 0 Å². The molecule has 0 aromatic carbocycles. The Morgan fingerprint density at radius 2 is 2.05 bits per heavy atom. The van der Waals surface area contributed by atoms with Crippen molar-refractivity contribution in [1.29, 1.82) is 0 Å². The fraction of sp³-hybridized carbons (Fsp3) is 0.500. The lowest BCUT2D eigenvalue weighted by molar-refractivity contribution is 0.449. The molecular formula is C16H24N4O. The van der Waals surface area contributed by atoms with E-state index in [0.717, 1.165) is 18.8 Å². The second-order valence-electron chi connectivity index (χ2n) is 6.18. The molecule has 0 radical (unpaired) electrons. The molecule has 2 rings (SSSR count). The smallest absolute Gasteiger partial charge is 0.219 e. The van der Waals surface area contributed by atoms with E-state index >= 15 is 0 Å². The number of pyridine rings is 1. The van der Waals surface area contributed by atoms with Gasteiger partial charge in [-0.05, 0) is 18.2 Å². The van der Waals surface area contributed by atoms with E-state index in [0.29, 0.717) is 11.6 Å². The fourth-order valence-electron chi connectivity index (χ4n) is 1.94. The van der Waals surface area contributed by atoms with Gasteiger partial charge in [0.15, 0.2) is 5.75 Å². The van der Waals surface area contributed by atoms with Crippen LogP contribution in [0.1, 0.15) is 39.0 Å². The van der Waals surface area contributed by atoms with Crippen molar-refractivity contribution in [2.75, 3.05) is 6.54 Å². The molecular weight excluding hydrogens is 264 g/mol. The maximum absolute atomic E-state index is 5.83. The first-order valence-electron chi connectivity index (χ1n) is 7.27. The van der Waals surface area contributed by atoms with Crippen LogP contribution in [0.4, 0.5) is 0 Å². The fourth-order valence-corrected chi connectivity index (χ4v) is 1.94. The molecule has 5 heteroatoms. The number of rotatable bonds is 5. The summed E-state index contributed by atoms with van der Waals surface area (Å²) in [4.78, 5) is 4.63. The molecule has 0 saturated heterocycles. The predicted molar refractivity (Wildman–Crippen MR) is 83.6 cm³/mol. The number of hydrogen-bond acceptors (Lipinski definition) is 4. The molecule has 2 aromatic heterocycles. The third-order valence-corrected chi connectivity index (χ3v) is 3.11. The van der Waals surface area contributed by atoms with Crippen molar-refractivity contribution >= 4 is 0 Å². The van der Waals surface area contributed by atoms with Gasteiger partial charge in [0.25, 0.3) is 0 Å². The Bertz CT molecular complexity index is 599. The van der Waals surface area contributed by atoms with Crippen LogP contribution in [0.15, 0.2) is 24.5 Å². The van der Waals surface area contributed by atoms with Gasteiger partial charge in [-0.25, -0.2) is 4.98 Å². The Kier molecular flexibility index (Phi) is 4.63. The molecule has 0 aliphatic carbocycles. The highest BCUT2D eigenvalue weighted by molar-refractivity contribution is 5.31. The van der Waals surface area contributed by atoms with Crippen LogP contribution in [0.25, 0.3) is 0 Å². The van der Waals surface area contributed by atoms with Crippen LogP contribution in [0.2, 0.25) is 0 Å². The van der Waals surface area contributed by atoms with E-state index in [2.05, 4.69) is 49.2 Å². The maximum Gasteiger partial charge on any atom is 0.219 e. The summed E-state index contributed by atoms with van der Waals surface area (Å²) >= 11 is 0. The summed E-state index contributed by atoms with van der Waals surface area (Å²) in [5, 5.41) is 7.45. The number of ether oxygens (including phenoxy) is 1. The Morgan fingerprint density at radius 1 is 1.29 bits per heavy atom. The van der Waals surface area contributed by atoms with Gasteiger partial charge in [0.2, 0.25) is 5.88 Å². The van der Waals surface area contributed by atoms with E-state index in [1.165, 1.54) is 5.56 Å². The van der Waals surface area contributed by atoms with E-state index in [9.17, 15) is 0 Å². The topological polar surface area (TPSA) is 52.0 Å². The van der Waals surface area contributed by atoms with Crippen LogP contribution in [0, 0.1) is 0 Å². The van der Waals surface area contributed by atoms with Gasteiger partial charge in [-0.1, -0.05) is 27.7 Å². The summed E-state index contributed by atoms with van der Waals surface area (Å²) in [6.07, 6.45) is 3.52. The number of hydrogen-bond donors (Lipinski definition) is 1. The highest BCUT2D eigenvalue weighted by atomic mass is 16.5. The Labute approximate surface area is 126 Å². The van der Waals surface area contributed by atoms with Crippen LogP contribution < -0.4 is 10.1 Å². The summed E-state index contributed by atoms with van der Waals surface area (Å²) in [6.45, 7) is 10.3. The van der Waals surface area contributed by atoms with Crippen molar-refractivity contribution in [3.8, 4) is 11.6 Å². The van der Waals surface area contributed by atoms with E-state index in [-0.39, 0.29) is 5.41 Å². The second-order valence-corrected chi connectivity index (χ2v) is 6.18. The molecule has 114 valence electrons. The van der Waals surface area contributed by atoms with Gasteiger partial charge in [0.1, 0.15) is 0 Å². The van der Waals surface area contributed by atoms with E-state index in [1.54, 1.807) is 10.9 Å². The quantitative estimate of drug-likeness (QED) is 0.919. The van der Waals surface area contributed by atoms with Gasteiger partial charge in [-0.2, -0.15) is 5.10 Å². The Hall–Kier alpha value is -1.88. The third kappa shape index (κ3) is 4.29. The van der Waals surface area contributed by atoms with Crippen LogP contribution >= 0.6 is 0 Å². The lowest BCUT2D eigenvalue weighted by Crippen LogP contribution is -2.17. The molecule has 1 N–H and O–H groups in total. The summed E-state index contributed by atoms with van der Waals surface area (Å²) in [7, 11) is 1.86. The molecule has 0 atom stereocenters. The number of aromatic nitrogens is 3. The second kappa shape index (κ2) is 6.26. The highest BCUT2D eigenvalue weighted by Crippen LogP contribution is 2.26.